The first-order valence-corrected chi connectivity index (χ1v) is 4.58. The zero-order valence-electron chi connectivity index (χ0n) is 7.70. The van der Waals surface area contributed by atoms with Crippen molar-refractivity contribution in [2.75, 3.05) is 20.6 Å². The molecular formula is C8H16ClNO2. The smallest absolute Gasteiger partial charge is 0.100 e. The molecule has 0 aromatic rings. The van der Waals surface area contributed by atoms with E-state index in [-0.39, 0.29) is 17.6 Å². The Morgan fingerprint density at radius 2 is 2.08 bits per heavy atom. The van der Waals surface area contributed by atoms with Crippen molar-refractivity contribution in [1.29, 1.82) is 0 Å². The molecule has 0 aromatic heterocycles. The van der Waals surface area contributed by atoms with Gasteiger partial charge in [-0.25, -0.2) is 0 Å². The van der Waals surface area contributed by atoms with Crippen molar-refractivity contribution in [2.24, 2.45) is 0 Å². The summed E-state index contributed by atoms with van der Waals surface area (Å²) in [7, 11) is 3.89. The van der Waals surface area contributed by atoms with Gasteiger partial charge < -0.3 is 14.7 Å². The second-order valence-electron chi connectivity index (χ2n) is 3.58. The van der Waals surface area contributed by atoms with Gasteiger partial charge in [0.2, 0.25) is 0 Å². The van der Waals surface area contributed by atoms with E-state index in [2.05, 4.69) is 0 Å². The van der Waals surface area contributed by atoms with Crippen LogP contribution in [0.25, 0.3) is 0 Å². The van der Waals surface area contributed by atoms with Crippen LogP contribution in [0.4, 0.5) is 0 Å². The van der Waals surface area contributed by atoms with Crippen molar-refractivity contribution in [1.82, 2.24) is 4.90 Å². The Morgan fingerprint density at radius 1 is 1.50 bits per heavy atom. The molecule has 72 valence electrons. The average molecular weight is 194 g/mol. The summed E-state index contributed by atoms with van der Waals surface area (Å²) in [5, 5.41) is 9.32. The largest absolute Gasteiger partial charge is 0.389 e. The van der Waals surface area contributed by atoms with Gasteiger partial charge in [0.25, 0.3) is 0 Å². The molecular weight excluding hydrogens is 178 g/mol. The van der Waals surface area contributed by atoms with E-state index >= 15 is 0 Å². The molecule has 1 N–H and O–H groups in total. The Morgan fingerprint density at radius 3 is 2.42 bits per heavy atom. The molecule has 4 atom stereocenters. The van der Waals surface area contributed by atoms with Gasteiger partial charge in [-0.05, 0) is 21.0 Å². The third-order valence-electron chi connectivity index (χ3n) is 2.09. The van der Waals surface area contributed by atoms with Gasteiger partial charge in [-0.15, -0.1) is 11.6 Å². The monoisotopic (exact) mass is 193 g/mol. The van der Waals surface area contributed by atoms with Crippen LogP contribution >= 0.6 is 11.6 Å². The predicted octanol–water partition coefficient (Wildman–Crippen LogP) is 0.304. The van der Waals surface area contributed by atoms with Crippen LogP contribution in [0.1, 0.15) is 6.92 Å². The van der Waals surface area contributed by atoms with E-state index in [0.29, 0.717) is 6.54 Å². The molecule has 4 heteroatoms. The lowest BCUT2D eigenvalue weighted by Gasteiger charge is -2.18. The zero-order chi connectivity index (χ0) is 9.30. The topological polar surface area (TPSA) is 32.7 Å². The SMILES string of the molecule is CC1OC(CN(C)C)C(O)C1Cl. The maximum Gasteiger partial charge on any atom is 0.100 e. The molecule has 0 spiro atoms. The Balaban J connectivity index is 2.47. The van der Waals surface area contributed by atoms with Gasteiger partial charge in [0, 0.05) is 6.54 Å². The van der Waals surface area contributed by atoms with Crippen molar-refractivity contribution < 1.29 is 9.84 Å². The highest BCUT2D eigenvalue weighted by atomic mass is 35.5. The number of ether oxygens (including phenoxy) is 1. The van der Waals surface area contributed by atoms with Crippen molar-refractivity contribution in [3.63, 3.8) is 0 Å². The lowest BCUT2D eigenvalue weighted by atomic mass is 10.1. The standard InChI is InChI=1S/C8H16ClNO2/c1-5-7(9)8(11)6(12-5)4-10(2)3/h5-8,11H,4H2,1-3H3. The predicted molar refractivity (Wildman–Crippen MR) is 48.5 cm³/mol. The van der Waals surface area contributed by atoms with Crippen LogP contribution < -0.4 is 0 Å². The second kappa shape index (κ2) is 3.92. The van der Waals surface area contributed by atoms with Crippen LogP contribution in [-0.4, -0.2) is 54.3 Å². The van der Waals surface area contributed by atoms with Crippen LogP contribution in [-0.2, 0) is 4.74 Å². The first-order valence-electron chi connectivity index (χ1n) is 4.14. The number of likely N-dealkylation sites (N-methyl/N-ethyl adjacent to an activating group) is 1. The summed E-state index contributed by atoms with van der Waals surface area (Å²) in [6.07, 6.45) is -0.729. The summed E-state index contributed by atoms with van der Waals surface area (Å²) >= 11 is 5.90. The van der Waals surface area contributed by atoms with Crippen LogP contribution in [0, 0.1) is 0 Å². The highest BCUT2D eigenvalue weighted by Crippen LogP contribution is 2.25. The molecule has 3 nitrogen and oxygen atoms in total. The fourth-order valence-corrected chi connectivity index (χ4v) is 1.65. The Labute approximate surface area is 78.3 Å². The zero-order valence-corrected chi connectivity index (χ0v) is 8.45. The maximum absolute atomic E-state index is 9.59. The van der Waals surface area contributed by atoms with Gasteiger partial charge >= 0.3 is 0 Å². The highest BCUT2D eigenvalue weighted by molar-refractivity contribution is 6.21. The molecule has 0 aromatic carbocycles. The minimum Gasteiger partial charge on any atom is -0.389 e. The number of halogens is 1. The van der Waals surface area contributed by atoms with Crippen LogP contribution in [0.2, 0.25) is 0 Å². The Bertz CT molecular complexity index is 152. The van der Waals surface area contributed by atoms with Gasteiger partial charge in [-0.2, -0.15) is 0 Å². The summed E-state index contributed by atoms with van der Waals surface area (Å²) in [6, 6.07) is 0. The fraction of sp³-hybridized carbons (Fsp3) is 1.00. The van der Waals surface area contributed by atoms with E-state index in [1.165, 1.54) is 0 Å². The molecule has 0 aliphatic carbocycles. The van der Waals surface area contributed by atoms with E-state index in [0.717, 1.165) is 0 Å². The third-order valence-corrected chi connectivity index (χ3v) is 2.70. The first kappa shape index (κ1) is 10.3. The van der Waals surface area contributed by atoms with Gasteiger partial charge in [0.15, 0.2) is 0 Å². The number of hydrogen-bond acceptors (Lipinski definition) is 3. The molecule has 0 amide bonds. The van der Waals surface area contributed by atoms with Gasteiger partial charge in [-0.3, -0.25) is 0 Å². The third kappa shape index (κ3) is 2.10. The minimum absolute atomic E-state index is 0.0494. The van der Waals surface area contributed by atoms with Crippen LogP contribution in [0.5, 0.6) is 0 Å². The van der Waals surface area contributed by atoms with Crippen molar-refractivity contribution in [3.05, 3.63) is 0 Å². The van der Waals surface area contributed by atoms with E-state index in [1.807, 2.05) is 25.9 Å². The number of rotatable bonds is 2. The van der Waals surface area contributed by atoms with E-state index in [9.17, 15) is 5.11 Å². The number of aliphatic hydroxyl groups is 1. The summed E-state index contributed by atoms with van der Waals surface area (Å²) in [5.74, 6) is 0. The lowest BCUT2D eigenvalue weighted by molar-refractivity contribution is 0.00231. The molecule has 4 unspecified atom stereocenters. The Hall–Kier alpha value is 0.170. The summed E-state index contributed by atoms with van der Waals surface area (Å²) in [6.45, 7) is 2.60. The molecule has 0 saturated carbocycles. The molecule has 1 saturated heterocycles. The van der Waals surface area contributed by atoms with Crippen molar-refractivity contribution in [3.8, 4) is 0 Å². The molecule has 1 aliphatic heterocycles. The number of hydrogen-bond donors (Lipinski definition) is 1. The van der Waals surface area contributed by atoms with E-state index < -0.39 is 6.10 Å². The second-order valence-corrected chi connectivity index (χ2v) is 4.08. The summed E-state index contributed by atoms with van der Waals surface area (Å²) in [4.78, 5) is 1.98. The fourth-order valence-electron chi connectivity index (χ4n) is 1.42. The number of nitrogens with zero attached hydrogens (tertiary/aromatic N) is 1. The summed E-state index contributed by atoms with van der Waals surface area (Å²) < 4.78 is 5.47. The molecule has 1 fully saturated rings. The van der Waals surface area contributed by atoms with E-state index in [1.54, 1.807) is 0 Å². The summed E-state index contributed by atoms with van der Waals surface area (Å²) in [5.41, 5.74) is 0. The number of aliphatic hydroxyl groups excluding tert-OH is 1. The van der Waals surface area contributed by atoms with Gasteiger partial charge in [0.1, 0.15) is 6.10 Å². The van der Waals surface area contributed by atoms with Gasteiger partial charge in [-0.1, -0.05) is 0 Å². The van der Waals surface area contributed by atoms with Crippen molar-refractivity contribution in [2.45, 2.75) is 30.6 Å². The van der Waals surface area contributed by atoms with Gasteiger partial charge in [0.05, 0.1) is 17.6 Å². The van der Waals surface area contributed by atoms with Crippen molar-refractivity contribution >= 4 is 11.6 Å². The molecule has 1 rings (SSSR count). The maximum atomic E-state index is 9.59. The quantitative estimate of drug-likeness (QED) is 0.641. The van der Waals surface area contributed by atoms with Crippen LogP contribution in [0.3, 0.4) is 0 Å². The minimum atomic E-state index is -0.538. The normalized spacial score (nSPS) is 42.5. The van der Waals surface area contributed by atoms with Crippen LogP contribution in [0.15, 0.2) is 0 Å². The molecule has 1 aliphatic rings. The molecule has 12 heavy (non-hydrogen) atoms. The Kier molecular flexibility index (Phi) is 3.35. The average Bonchev–Trinajstić information content (AvgIpc) is 2.17. The first-order chi connectivity index (χ1) is 5.52. The molecule has 0 bridgehead atoms. The molecule has 1 heterocycles. The molecule has 0 radical (unpaired) electrons. The highest BCUT2D eigenvalue weighted by Gasteiger charge is 2.39. The lowest BCUT2D eigenvalue weighted by Crippen LogP contribution is -2.35. The van der Waals surface area contributed by atoms with E-state index in [4.69, 9.17) is 16.3 Å². The number of alkyl halides is 1.